The molecule has 2 atom stereocenters. The third-order valence-electron chi connectivity index (χ3n) is 0.951. The minimum atomic E-state index is -1.33. The molecule has 1 aliphatic heterocycles. The van der Waals surface area contributed by atoms with Gasteiger partial charge in [0, 0.05) is 0 Å². The van der Waals surface area contributed by atoms with Gasteiger partial charge in [0.1, 0.15) is 0 Å². The van der Waals surface area contributed by atoms with Gasteiger partial charge in [0.15, 0.2) is 0 Å². The number of rotatable bonds is 0. The van der Waals surface area contributed by atoms with Crippen molar-refractivity contribution in [1.29, 1.82) is 0 Å². The van der Waals surface area contributed by atoms with E-state index in [0.717, 1.165) is 0 Å². The van der Waals surface area contributed by atoms with Gasteiger partial charge in [-0.15, -0.1) is 0 Å². The number of esters is 2. The number of ether oxygens (including phenoxy) is 2. The van der Waals surface area contributed by atoms with Gasteiger partial charge < -0.3 is 9.47 Å². The molecule has 0 aromatic carbocycles. The minimum absolute atomic E-state index is 0.827. The van der Waals surface area contributed by atoms with Gasteiger partial charge in [-0.2, -0.15) is 0 Å². The van der Waals surface area contributed by atoms with Crippen molar-refractivity contribution >= 4 is 11.9 Å². The fourth-order valence-electron chi connectivity index (χ4n) is 0.481. The quantitative estimate of drug-likeness (QED) is 0.371. The highest BCUT2D eigenvalue weighted by Gasteiger charge is 2.33. The van der Waals surface area contributed by atoms with E-state index in [9.17, 15) is 9.59 Å². The van der Waals surface area contributed by atoms with Crippen LogP contribution in [0.5, 0.6) is 0 Å². The van der Waals surface area contributed by atoms with Gasteiger partial charge in [-0.25, -0.2) is 9.59 Å². The molecule has 0 radical (unpaired) electrons. The normalized spacial score (nSPS) is 33.0. The Morgan fingerprint density at radius 3 is 1.60 bits per heavy atom. The molecular weight excluding hydrogens is 140 g/mol. The lowest BCUT2D eigenvalue weighted by Crippen LogP contribution is -2.51. The molecule has 0 aliphatic carbocycles. The summed E-state index contributed by atoms with van der Waals surface area (Å²) in [5.74, 6) is -1.65. The summed E-state index contributed by atoms with van der Waals surface area (Å²) >= 11 is 0. The number of nitrogens with two attached hydrogens (primary N) is 2. The van der Waals surface area contributed by atoms with Gasteiger partial charge in [-0.1, -0.05) is 0 Å². The molecule has 0 aromatic rings. The summed E-state index contributed by atoms with van der Waals surface area (Å²) in [6.07, 6.45) is -2.65. The van der Waals surface area contributed by atoms with Crippen molar-refractivity contribution in [2.45, 2.75) is 12.5 Å². The molecule has 2 unspecified atom stereocenters. The summed E-state index contributed by atoms with van der Waals surface area (Å²) in [4.78, 5) is 20.9. The maximum Gasteiger partial charge on any atom is 0.365 e. The summed E-state index contributed by atoms with van der Waals surface area (Å²) in [5, 5.41) is 0. The topological polar surface area (TPSA) is 105 Å². The summed E-state index contributed by atoms with van der Waals surface area (Å²) < 4.78 is 8.50. The van der Waals surface area contributed by atoms with Gasteiger partial charge in [-0.3, -0.25) is 11.5 Å². The molecule has 0 amide bonds. The predicted molar refractivity (Wildman–Crippen MR) is 28.1 cm³/mol. The number of hydrogen-bond acceptors (Lipinski definition) is 6. The summed E-state index contributed by atoms with van der Waals surface area (Å²) in [6, 6.07) is 0. The van der Waals surface area contributed by atoms with Crippen molar-refractivity contribution < 1.29 is 19.1 Å². The van der Waals surface area contributed by atoms with Crippen LogP contribution in [0, 0.1) is 0 Å². The van der Waals surface area contributed by atoms with Crippen LogP contribution in [0.15, 0.2) is 0 Å². The molecule has 4 N–H and O–H groups in total. The number of carbonyl (C=O) groups is 2. The Hall–Kier alpha value is -1.14. The van der Waals surface area contributed by atoms with E-state index in [-0.39, 0.29) is 0 Å². The second-order valence-corrected chi connectivity index (χ2v) is 1.71. The minimum Gasteiger partial charge on any atom is -0.431 e. The molecule has 1 fully saturated rings. The molecule has 6 nitrogen and oxygen atoms in total. The lowest BCUT2D eigenvalue weighted by molar-refractivity contribution is -0.193. The fourth-order valence-corrected chi connectivity index (χ4v) is 0.481. The maximum atomic E-state index is 10.4. The second kappa shape index (κ2) is 2.24. The number of hydrogen-bond donors (Lipinski definition) is 2. The average molecular weight is 146 g/mol. The van der Waals surface area contributed by atoms with Crippen molar-refractivity contribution in [3.63, 3.8) is 0 Å². The molecular formula is C4H6N2O4. The van der Waals surface area contributed by atoms with Gasteiger partial charge in [0.05, 0.1) is 0 Å². The Morgan fingerprint density at radius 1 is 1.00 bits per heavy atom. The fraction of sp³-hybridized carbons (Fsp3) is 0.500. The van der Waals surface area contributed by atoms with Gasteiger partial charge in [0.25, 0.3) is 0 Å². The second-order valence-electron chi connectivity index (χ2n) is 1.71. The highest BCUT2D eigenvalue weighted by atomic mass is 16.7. The van der Waals surface area contributed by atoms with E-state index in [1.807, 2.05) is 0 Å². The molecule has 0 saturated carbocycles. The Balaban J connectivity index is 2.63. The first-order valence-corrected chi connectivity index (χ1v) is 2.53. The molecule has 10 heavy (non-hydrogen) atoms. The first-order chi connectivity index (χ1) is 4.61. The molecule has 6 heteroatoms. The lowest BCUT2D eigenvalue weighted by Gasteiger charge is -2.21. The average Bonchev–Trinajstić information content (AvgIpc) is 1.84. The van der Waals surface area contributed by atoms with E-state index in [0.29, 0.717) is 0 Å². The van der Waals surface area contributed by atoms with Crippen LogP contribution in [0.3, 0.4) is 0 Å². The van der Waals surface area contributed by atoms with E-state index in [4.69, 9.17) is 11.5 Å². The Kier molecular flexibility index (Phi) is 1.56. The highest BCUT2D eigenvalue weighted by molar-refractivity contribution is 5.86. The Labute approximate surface area is 56.1 Å². The first kappa shape index (κ1) is 6.97. The van der Waals surface area contributed by atoms with Crippen molar-refractivity contribution in [1.82, 2.24) is 0 Å². The van der Waals surface area contributed by atoms with E-state index in [2.05, 4.69) is 9.47 Å². The number of cyclic esters (lactones) is 2. The van der Waals surface area contributed by atoms with Gasteiger partial charge >= 0.3 is 11.9 Å². The summed E-state index contributed by atoms with van der Waals surface area (Å²) in [5.41, 5.74) is 9.92. The molecule has 1 aliphatic rings. The van der Waals surface area contributed by atoms with E-state index < -0.39 is 24.4 Å². The van der Waals surface area contributed by atoms with Crippen LogP contribution < -0.4 is 11.5 Å². The van der Waals surface area contributed by atoms with Crippen molar-refractivity contribution in [2.24, 2.45) is 11.5 Å². The molecule has 0 aromatic heterocycles. The molecule has 1 heterocycles. The molecule has 1 saturated heterocycles. The molecule has 0 bridgehead atoms. The standard InChI is InChI=1S/C4H6N2O4/c5-1-3(7)10-2(6)4(8)9-1/h1-2H,5-6H2. The lowest BCUT2D eigenvalue weighted by atomic mass is 10.5. The zero-order valence-electron chi connectivity index (χ0n) is 4.94. The molecule has 0 spiro atoms. The SMILES string of the molecule is NC1OC(=O)C(N)OC1=O. The van der Waals surface area contributed by atoms with Gasteiger partial charge in [0.2, 0.25) is 12.5 Å². The van der Waals surface area contributed by atoms with Crippen LogP contribution in [-0.4, -0.2) is 24.4 Å². The maximum absolute atomic E-state index is 10.4. The third kappa shape index (κ3) is 1.07. The third-order valence-corrected chi connectivity index (χ3v) is 0.951. The van der Waals surface area contributed by atoms with Crippen LogP contribution in [-0.2, 0) is 19.1 Å². The Morgan fingerprint density at radius 2 is 1.30 bits per heavy atom. The van der Waals surface area contributed by atoms with Crippen molar-refractivity contribution in [3.8, 4) is 0 Å². The monoisotopic (exact) mass is 146 g/mol. The van der Waals surface area contributed by atoms with Crippen molar-refractivity contribution in [2.75, 3.05) is 0 Å². The van der Waals surface area contributed by atoms with Crippen LogP contribution >= 0.6 is 0 Å². The highest BCUT2D eigenvalue weighted by Crippen LogP contribution is 2.01. The predicted octanol–water partition coefficient (Wildman–Crippen LogP) is -2.34. The van der Waals surface area contributed by atoms with Crippen LogP contribution in [0.2, 0.25) is 0 Å². The van der Waals surface area contributed by atoms with Crippen LogP contribution in [0.25, 0.3) is 0 Å². The van der Waals surface area contributed by atoms with E-state index in [1.165, 1.54) is 0 Å². The molecule has 1 rings (SSSR count). The first-order valence-electron chi connectivity index (χ1n) is 2.53. The molecule has 56 valence electrons. The van der Waals surface area contributed by atoms with Crippen LogP contribution in [0.1, 0.15) is 0 Å². The zero-order chi connectivity index (χ0) is 7.72. The van der Waals surface area contributed by atoms with E-state index >= 15 is 0 Å². The Bertz CT molecular complexity index is 160. The number of carbonyl (C=O) groups excluding carboxylic acids is 2. The smallest absolute Gasteiger partial charge is 0.365 e. The largest absolute Gasteiger partial charge is 0.431 e. The van der Waals surface area contributed by atoms with E-state index in [1.54, 1.807) is 0 Å². The van der Waals surface area contributed by atoms with Gasteiger partial charge in [-0.05, 0) is 0 Å². The van der Waals surface area contributed by atoms with Crippen LogP contribution in [0.4, 0.5) is 0 Å². The summed E-state index contributed by atoms with van der Waals surface area (Å²) in [6.45, 7) is 0. The zero-order valence-corrected chi connectivity index (χ0v) is 4.94. The van der Waals surface area contributed by atoms with Crippen molar-refractivity contribution in [3.05, 3.63) is 0 Å². The summed E-state index contributed by atoms with van der Waals surface area (Å²) in [7, 11) is 0.